The maximum absolute atomic E-state index is 5.78. The number of ether oxygens (including phenoxy) is 1. The zero-order valence-corrected chi connectivity index (χ0v) is 11.9. The number of nitrogens with one attached hydrogen (secondary N) is 1. The van der Waals surface area contributed by atoms with Crippen molar-refractivity contribution in [3.63, 3.8) is 0 Å². The first kappa shape index (κ1) is 12.2. The lowest BCUT2D eigenvalue weighted by atomic mass is 10.3. The molecule has 19 heavy (non-hydrogen) atoms. The third-order valence-electron chi connectivity index (χ3n) is 2.50. The lowest BCUT2D eigenvalue weighted by Crippen LogP contribution is -2.10. The minimum atomic E-state index is 0.405. The average Bonchev–Trinajstić information content (AvgIpc) is 2.87. The molecule has 0 saturated heterocycles. The Morgan fingerprint density at radius 3 is 3.05 bits per heavy atom. The van der Waals surface area contributed by atoms with Crippen molar-refractivity contribution in [1.29, 1.82) is 0 Å². The van der Waals surface area contributed by atoms with E-state index in [1.54, 1.807) is 23.0 Å². The summed E-state index contributed by atoms with van der Waals surface area (Å²) in [5.41, 5.74) is 3.14. The van der Waals surface area contributed by atoms with Gasteiger partial charge in [-0.2, -0.15) is 4.98 Å². The maximum atomic E-state index is 5.78. The first-order chi connectivity index (χ1) is 9.26. The standard InChI is InChI=1S/C12H10IN5O/c13-8-2-1-3-9(6-8)19-12-11-15-4-5-18(11)7-10(16-12)17-14/h1-7,17H,14H2. The molecule has 0 fully saturated rings. The highest BCUT2D eigenvalue weighted by molar-refractivity contribution is 14.1. The van der Waals surface area contributed by atoms with Gasteiger partial charge in [0, 0.05) is 16.0 Å². The average molecular weight is 367 g/mol. The Morgan fingerprint density at radius 2 is 2.26 bits per heavy atom. The van der Waals surface area contributed by atoms with Gasteiger partial charge in [0.15, 0.2) is 5.82 Å². The van der Waals surface area contributed by atoms with Crippen molar-refractivity contribution in [2.24, 2.45) is 5.84 Å². The quantitative estimate of drug-likeness (QED) is 0.422. The number of rotatable bonds is 3. The van der Waals surface area contributed by atoms with E-state index in [2.05, 4.69) is 38.0 Å². The molecule has 0 bridgehead atoms. The number of hydrazine groups is 1. The Kier molecular flexibility index (Phi) is 3.22. The highest BCUT2D eigenvalue weighted by Crippen LogP contribution is 2.25. The molecule has 3 aromatic rings. The molecule has 1 aromatic carbocycles. The molecule has 0 atom stereocenters. The summed E-state index contributed by atoms with van der Waals surface area (Å²) in [6.07, 6.45) is 5.22. The van der Waals surface area contributed by atoms with Crippen LogP contribution in [-0.2, 0) is 0 Å². The van der Waals surface area contributed by atoms with Gasteiger partial charge in [0.1, 0.15) is 5.75 Å². The maximum Gasteiger partial charge on any atom is 0.265 e. The molecule has 0 radical (unpaired) electrons. The van der Waals surface area contributed by atoms with Gasteiger partial charge in [-0.25, -0.2) is 10.8 Å². The van der Waals surface area contributed by atoms with E-state index in [0.717, 1.165) is 3.57 Å². The van der Waals surface area contributed by atoms with Crippen LogP contribution in [0.25, 0.3) is 5.65 Å². The number of hydrogen-bond acceptors (Lipinski definition) is 5. The largest absolute Gasteiger partial charge is 0.436 e. The molecule has 6 nitrogen and oxygen atoms in total. The summed E-state index contributed by atoms with van der Waals surface area (Å²) in [4.78, 5) is 8.49. The fourth-order valence-corrected chi connectivity index (χ4v) is 2.20. The van der Waals surface area contributed by atoms with Gasteiger partial charge in [-0.1, -0.05) is 6.07 Å². The first-order valence-electron chi connectivity index (χ1n) is 5.50. The second-order valence-electron chi connectivity index (χ2n) is 3.79. The van der Waals surface area contributed by atoms with E-state index >= 15 is 0 Å². The van der Waals surface area contributed by atoms with Crippen LogP contribution in [0.3, 0.4) is 0 Å². The van der Waals surface area contributed by atoms with Gasteiger partial charge < -0.3 is 10.2 Å². The van der Waals surface area contributed by atoms with Crippen LogP contribution in [-0.4, -0.2) is 14.4 Å². The number of halogens is 1. The lowest BCUT2D eigenvalue weighted by Gasteiger charge is -2.08. The fraction of sp³-hybridized carbons (Fsp3) is 0. The Bertz CT molecular complexity index is 727. The molecule has 0 unspecified atom stereocenters. The molecule has 0 saturated carbocycles. The molecule has 0 spiro atoms. The van der Waals surface area contributed by atoms with Crippen LogP contribution in [0.2, 0.25) is 0 Å². The Labute approximate surface area is 122 Å². The predicted molar refractivity (Wildman–Crippen MR) is 80.0 cm³/mol. The van der Waals surface area contributed by atoms with Gasteiger partial charge in [-0.3, -0.25) is 4.40 Å². The molecule has 0 aliphatic carbocycles. The summed E-state index contributed by atoms with van der Waals surface area (Å²) in [5.74, 6) is 7.01. The van der Waals surface area contributed by atoms with Gasteiger partial charge >= 0.3 is 0 Å². The summed E-state index contributed by atoms with van der Waals surface area (Å²) in [6, 6.07) is 7.70. The van der Waals surface area contributed by atoms with Crippen molar-refractivity contribution in [2.45, 2.75) is 0 Å². The minimum absolute atomic E-state index is 0.405. The van der Waals surface area contributed by atoms with Crippen molar-refractivity contribution in [3.8, 4) is 11.6 Å². The molecule has 0 aliphatic rings. The molecular weight excluding hydrogens is 357 g/mol. The van der Waals surface area contributed by atoms with Crippen LogP contribution in [0, 0.1) is 3.57 Å². The second kappa shape index (κ2) is 5.02. The highest BCUT2D eigenvalue weighted by Gasteiger charge is 2.09. The van der Waals surface area contributed by atoms with Crippen LogP contribution >= 0.6 is 22.6 Å². The van der Waals surface area contributed by atoms with Crippen molar-refractivity contribution >= 4 is 34.1 Å². The molecule has 96 valence electrons. The number of hydrogen-bond donors (Lipinski definition) is 2. The van der Waals surface area contributed by atoms with Crippen LogP contribution in [0.1, 0.15) is 0 Å². The van der Waals surface area contributed by atoms with Crippen molar-refractivity contribution in [1.82, 2.24) is 14.4 Å². The zero-order valence-electron chi connectivity index (χ0n) is 9.75. The van der Waals surface area contributed by atoms with Crippen LogP contribution < -0.4 is 16.0 Å². The fourth-order valence-electron chi connectivity index (χ4n) is 1.68. The van der Waals surface area contributed by atoms with E-state index in [9.17, 15) is 0 Å². The van der Waals surface area contributed by atoms with Crippen molar-refractivity contribution < 1.29 is 4.74 Å². The number of nitrogen functional groups attached to an aromatic ring is 1. The van der Waals surface area contributed by atoms with Crippen LogP contribution in [0.4, 0.5) is 5.82 Å². The molecule has 3 rings (SSSR count). The number of imidazole rings is 1. The molecular formula is C12H10IN5O. The van der Waals surface area contributed by atoms with Gasteiger partial charge in [-0.05, 0) is 40.8 Å². The number of nitrogens with zero attached hydrogens (tertiary/aromatic N) is 3. The number of fused-ring (bicyclic) bond motifs is 1. The number of nitrogens with two attached hydrogens (primary N) is 1. The minimum Gasteiger partial charge on any atom is -0.436 e. The normalized spacial score (nSPS) is 10.6. The summed E-state index contributed by atoms with van der Waals surface area (Å²) in [7, 11) is 0. The van der Waals surface area contributed by atoms with Gasteiger partial charge in [0.2, 0.25) is 5.65 Å². The smallest absolute Gasteiger partial charge is 0.265 e. The van der Waals surface area contributed by atoms with Gasteiger partial charge in [0.05, 0.1) is 6.20 Å². The first-order valence-corrected chi connectivity index (χ1v) is 6.58. The van der Waals surface area contributed by atoms with Gasteiger partial charge in [0.25, 0.3) is 5.88 Å². The van der Waals surface area contributed by atoms with Crippen molar-refractivity contribution in [3.05, 3.63) is 46.4 Å². The van der Waals surface area contributed by atoms with Crippen molar-refractivity contribution in [2.75, 3.05) is 5.43 Å². The topological polar surface area (TPSA) is 77.5 Å². The summed E-state index contributed by atoms with van der Waals surface area (Å²) in [5, 5.41) is 0. The molecule has 3 N–H and O–H groups in total. The Morgan fingerprint density at radius 1 is 1.37 bits per heavy atom. The highest BCUT2D eigenvalue weighted by atomic mass is 127. The zero-order chi connectivity index (χ0) is 13.2. The Hall–Kier alpha value is -1.87. The Balaban J connectivity index is 2.06. The van der Waals surface area contributed by atoms with E-state index in [1.165, 1.54) is 0 Å². The second-order valence-corrected chi connectivity index (χ2v) is 5.04. The molecule has 7 heteroatoms. The van der Waals surface area contributed by atoms with Crippen LogP contribution in [0.5, 0.6) is 11.6 Å². The number of aromatic nitrogens is 3. The third kappa shape index (κ3) is 2.47. The predicted octanol–water partition coefficient (Wildman–Crippen LogP) is 2.41. The number of anilines is 1. The van der Waals surface area contributed by atoms with E-state index < -0.39 is 0 Å². The monoisotopic (exact) mass is 367 g/mol. The van der Waals surface area contributed by atoms with Crippen LogP contribution in [0.15, 0.2) is 42.9 Å². The SMILES string of the molecule is NNc1cn2ccnc2c(Oc2cccc(I)c2)n1. The number of benzene rings is 1. The molecule has 2 heterocycles. The summed E-state index contributed by atoms with van der Waals surface area (Å²) >= 11 is 2.23. The van der Waals surface area contributed by atoms with E-state index in [-0.39, 0.29) is 0 Å². The molecule has 2 aromatic heterocycles. The van der Waals surface area contributed by atoms with Gasteiger partial charge in [-0.15, -0.1) is 0 Å². The van der Waals surface area contributed by atoms with E-state index in [1.807, 2.05) is 24.3 Å². The van der Waals surface area contributed by atoms with E-state index in [4.69, 9.17) is 10.6 Å². The summed E-state index contributed by atoms with van der Waals surface area (Å²) in [6.45, 7) is 0. The lowest BCUT2D eigenvalue weighted by molar-refractivity contribution is 0.465. The van der Waals surface area contributed by atoms with E-state index in [0.29, 0.717) is 23.1 Å². The summed E-state index contributed by atoms with van der Waals surface area (Å²) < 4.78 is 8.66. The molecule has 0 aliphatic heterocycles. The third-order valence-corrected chi connectivity index (χ3v) is 3.17. The molecule has 0 amide bonds.